The van der Waals surface area contributed by atoms with Gasteiger partial charge in [-0.3, -0.25) is 0 Å². The van der Waals surface area contributed by atoms with Gasteiger partial charge in [0.2, 0.25) is 0 Å². The summed E-state index contributed by atoms with van der Waals surface area (Å²) >= 11 is 6.13. The highest BCUT2D eigenvalue weighted by molar-refractivity contribution is 6.30. The van der Waals surface area contributed by atoms with Gasteiger partial charge in [0, 0.05) is 23.6 Å². The number of nitrogens with one attached hydrogen (secondary N) is 1. The van der Waals surface area contributed by atoms with Gasteiger partial charge in [-0.15, -0.1) is 0 Å². The highest BCUT2D eigenvalue weighted by Crippen LogP contribution is 2.33. The van der Waals surface area contributed by atoms with Crippen LogP contribution in [0.3, 0.4) is 0 Å². The van der Waals surface area contributed by atoms with Gasteiger partial charge in [-0.25, -0.2) is 0 Å². The van der Waals surface area contributed by atoms with Crippen molar-refractivity contribution in [2.24, 2.45) is 5.92 Å². The maximum absolute atomic E-state index is 6.13. The Labute approximate surface area is 107 Å². The number of benzene rings is 1. The van der Waals surface area contributed by atoms with E-state index in [1.54, 1.807) is 0 Å². The van der Waals surface area contributed by atoms with Gasteiger partial charge in [0.05, 0.1) is 6.61 Å². The fourth-order valence-corrected chi connectivity index (χ4v) is 2.85. The van der Waals surface area contributed by atoms with Crippen LogP contribution >= 0.6 is 11.6 Å². The van der Waals surface area contributed by atoms with Crippen LogP contribution in [0, 0.1) is 5.92 Å². The fourth-order valence-electron chi connectivity index (χ4n) is 2.59. The van der Waals surface area contributed by atoms with Gasteiger partial charge < -0.3 is 10.1 Å². The van der Waals surface area contributed by atoms with E-state index in [1.807, 2.05) is 12.1 Å². The zero-order valence-electron chi connectivity index (χ0n) is 9.97. The lowest BCUT2D eigenvalue weighted by Crippen LogP contribution is -2.27. The summed E-state index contributed by atoms with van der Waals surface area (Å²) in [6, 6.07) is 4.05. The smallest absolute Gasteiger partial charge is 0.127 e. The van der Waals surface area contributed by atoms with Crippen LogP contribution in [0.1, 0.15) is 30.4 Å². The van der Waals surface area contributed by atoms with Crippen molar-refractivity contribution < 1.29 is 4.74 Å². The second-order valence-electron chi connectivity index (χ2n) is 5.08. The molecule has 92 valence electrons. The summed E-state index contributed by atoms with van der Waals surface area (Å²) in [5.41, 5.74) is 2.47. The van der Waals surface area contributed by atoms with Gasteiger partial charge in [-0.05, 0) is 43.0 Å². The van der Waals surface area contributed by atoms with E-state index in [1.165, 1.54) is 30.4 Å². The van der Waals surface area contributed by atoms with E-state index in [0.717, 1.165) is 42.8 Å². The molecule has 2 nitrogen and oxygen atoms in total. The van der Waals surface area contributed by atoms with Crippen LogP contribution in [0.5, 0.6) is 5.75 Å². The molecule has 1 fully saturated rings. The predicted octanol–water partition coefficient (Wildman–Crippen LogP) is 3.16. The minimum absolute atomic E-state index is 0.797. The summed E-state index contributed by atoms with van der Waals surface area (Å²) in [6.07, 6.45) is 5.17. The minimum atomic E-state index is 0.797. The Morgan fingerprint density at radius 2 is 2.24 bits per heavy atom. The van der Waals surface area contributed by atoms with E-state index >= 15 is 0 Å². The number of hydrogen-bond donors (Lipinski definition) is 1. The van der Waals surface area contributed by atoms with Crippen LogP contribution in [0.25, 0.3) is 0 Å². The molecule has 1 aliphatic carbocycles. The average Bonchev–Trinajstić information content (AvgIpc) is 2.69. The summed E-state index contributed by atoms with van der Waals surface area (Å²) < 4.78 is 5.68. The van der Waals surface area contributed by atoms with Crippen molar-refractivity contribution in [3.63, 3.8) is 0 Å². The minimum Gasteiger partial charge on any atom is -0.493 e. The number of hydrogen-bond acceptors (Lipinski definition) is 2. The van der Waals surface area contributed by atoms with E-state index in [4.69, 9.17) is 16.3 Å². The predicted molar refractivity (Wildman–Crippen MR) is 69.7 cm³/mol. The lowest BCUT2D eigenvalue weighted by atomic mass is 9.85. The average molecular weight is 252 g/mol. The largest absolute Gasteiger partial charge is 0.493 e. The van der Waals surface area contributed by atoms with Gasteiger partial charge in [-0.2, -0.15) is 0 Å². The van der Waals surface area contributed by atoms with Crippen molar-refractivity contribution in [1.29, 1.82) is 0 Å². The third-order valence-corrected chi connectivity index (χ3v) is 4.02. The van der Waals surface area contributed by atoms with Crippen molar-refractivity contribution in [2.45, 2.75) is 32.2 Å². The van der Waals surface area contributed by atoms with Crippen molar-refractivity contribution in [1.82, 2.24) is 5.32 Å². The number of ether oxygens (including phenoxy) is 1. The molecule has 0 radical (unpaired) electrons. The molecular formula is C14H18ClNO. The van der Waals surface area contributed by atoms with Crippen molar-refractivity contribution in [3.8, 4) is 5.75 Å². The van der Waals surface area contributed by atoms with Crippen LogP contribution < -0.4 is 10.1 Å². The molecular weight excluding hydrogens is 234 g/mol. The summed E-state index contributed by atoms with van der Waals surface area (Å²) in [7, 11) is 0. The first-order valence-electron chi connectivity index (χ1n) is 6.48. The van der Waals surface area contributed by atoms with Crippen molar-refractivity contribution in [3.05, 3.63) is 28.3 Å². The van der Waals surface area contributed by atoms with E-state index in [0.29, 0.717) is 0 Å². The lowest BCUT2D eigenvalue weighted by molar-refractivity contribution is 0.300. The molecule has 1 saturated carbocycles. The van der Waals surface area contributed by atoms with Crippen LogP contribution in [0.4, 0.5) is 0 Å². The SMILES string of the molecule is Clc1cc2c(c(CNCC3CCC3)c1)OCC2. The third kappa shape index (κ3) is 2.43. The molecule has 0 aromatic heterocycles. The molecule has 0 atom stereocenters. The Kier molecular flexibility index (Phi) is 3.26. The molecule has 2 aliphatic rings. The second kappa shape index (κ2) is 4.87. The Morgan fingerprint density at radius 3 is 3.00 bits per heavy atom. The summed E-state index contributed by atoms with van der Waals surface area (Å²) in [5, 5.41) is 4.35. The Hall–Kier alpha value is -0.730. The molecule has 1 N–H and O–H groups in total. The Balaban J connectivity index is 1.65. The summed E-state index contributed by atoms with van der Waals surface area (Å²) in [4.78, 5) is 0. The van der Waals surface area contributed by atoms with Gasteiger partial charge >= 0.3 is 0 Å². The van der Waals surface area contributed by atoms with Crippen LogP contribution in [0.2, 0.25) is 5.02 Å². The Morgan fingerprint density at radius 1 is 1.35 bits per heavy atom. The molecule has 1 heterocycles. The molecule has 0 spiro atoms. The first-order valence-corrected chi connectivity index (χ1v) is 6.85. The molecule has 3 heteroatoms. The van der Waals surface area contributed by atoms with Gasteiger partial charge in [0.1, 0.15) is 5.75 Å². The van der Waals surface area contributed by atoms with E-state index in [2.05, 4.69) is 5.32 Å². The van der Waals surface area contributed by atoms with Gasteiger partial charge in [0.15, 0.2) is 0 Å². The quantitative estimate of drug-likeness (QED) is 0.888. The summed E-state index contributed by atoms with van der Waals surface area (Å²) in [6.45, 7) is 2.80. The van der Waals surface area contributed by atoms with Crippen molar-refractivity contribution >= 4 is 11.6 Å². The number of fused-ring (bicyclic) bond motifs is 1. The van der Waals surface area contributed by atoms with Crippen LogP contribution in [0.15, 0.2) is 12.1 Å². The molecule has 1 aromatic rings. The monoisotopic (exact) mass is 251 g/mol. The van der Waals surface area contributed by atoms with Gasteiger partial charge in [-0.1, -0.05) is 18.0 Å². The highest BCUT2D eigenvalue weighted by Gasteiger charge is 2.19. The maximum Gasteiger partial charge on any atom is 0.127 e. The lowest BCUT2D eigenvalue weighted by Gasteiger charge is -2.25. The topological polar surface area (TPSA) is 21.3 Å². The van der Waals surface area contributed by atoms with E-state index in [9.17, 15) is 0 Å². The van der Waals surface area contributed by atoms with E-state index in [-0.39, 0.29) is 0 Å². The zero-order valence-corrected chi connectivity index (χ0v) is 10.7. The molecule has 0 bridgehead atoms. The normalized spacial score (nSPS) is 18.6. The molecule has 0 amide bonds. The molecule has 1 aliphatic heterocycles. The second-order valence-corrected chi connectivity index (χ2v) is 5.52. The molecule has 17 heavy (non-hydrogen) atoms. The van der Waals surface area contributed by atoms with E-state index < -0.39 is 0 Å². The first-order chi connectivity index (χ1) is 8.33. The highest BCUT2D eigenvalue weighted by atomic mass is 35.5. The summed E-state index contributed by atoms with van der Waals surface area (Å²) in [5.74, 6) is 1.96. The Bertz CT molecular complexity index is 415. The third-order valence-electron chi connectivity index (χ3n) is 3.80. The zero-order chi connectivity index (χ0) is 11.7. The standard InChI is InChI=1S/C14H18ClNO/c15-13-6-11-4-5-17-14(11)12(7-13)9-16-8-10-2-1-3-10/h6-7,10,16H,1-5,8-9H2. The van der Waals surface area contributed by atoms with Gasteiger partial charge in [0.25, 0.3) is 0 Å². The first kappa shape index (κ1) is 11.4. The number of halogens is 1. The fraction of sp³-hybridized carbons (Fsp3) is 0.571. The van der Waals surface area contributed by atoms with Crippen LogP contribution in [-0.2, 0) is 13.0 Å². The molecule has 1 aromatic carbocycles. The van der Waals surface area contributed by atoms with Crippen molar-refractivity contribution in [2.75, 3.05) is 13.2 Å². The maximum atomic E-state index is 6.13. The molecule has 0 saturated heterocycles. The molecule has 0 unspecified atom stereocenters. The number of rotatable bonds is 4. The van der Waals surface area contributed by atoms with Crippen LogP contribution in [-0.4, -0.2) is 13.2 Å². The molecule has 3 rings (SSSR count).